The average molecular weight is 451 g/mol. The smallest absolute Gasteiger partial charge is 0.322 e. The molecule has 0 unspecified atom stereocenters. The normalized spacial score (nSPS) is 14.2. The number of para-hydroxylation sites is 2. The molecule has 2 heterocycles. The molecule has 0 bridgehead atoms. The van der Waals surface area contributed by atoms with Crippen LogP contribution < -0.4 is 16.0 Å². The van der Waals surface area contributed by atoms with E-state index in [2.05, 4.69) is 25.8 Å². The van der Waals surface area contributed by atoms with Crippen LogP contribution in [0.2, 0.25) is 0 Å². The van der Waals surface area contributed by atoms with Crippen molar-refractivity contribution in [1.29, 1.82) is 0 Å². The molecule has 0 radical (unpaired) electrons. The van der Waals surface area contributed by atoms with E-state index in [1.54, 1.807) is 17.0 Å². The van der Waals surface area contributed by atoms with Crippen molar-refractivity contribution in [3.8, 4) is 0 Å². The number of pyridine rings is 1. The van der Waals surface area contributed by atoms with Gasteiger partial charge in [-0.1, -0.05) is 30.3 Å². The first kappa shape index (κ1) is 22.5. The number of fused-ring (bicyclic) bond motifs is 1. The van der Waals surface area contributed by atoms with E-state index in [0.29, 0.717) is 39.3 Å². The van der Waals surface area contributed by atoms with Gasteiger partial charge in [-0.05, 0) is 31.2 Å². The number of carbonyl (C=O) groups excluding carboxylic acids is 2. The van der Waals surface area contributed by atoms with E-state index in [1.165, 1.54) is 12.1 Å². The topological polar surface area (TPSA) is 89.6 Å². The van der Waals surface area contributed by atoms with Crippen LogP contribution in [0.15, 0.2) is 54.6 Å². The van der Waals surface area contributed by atoms with Crippen LogP contribution in [0.3, 0.4) is 0 Å². The summed E-state index contributed by atoms with van der Waals surface area (Å²) in [5, 5.41) is 9.31. The molecular formula is C24H27FN6O2. The van der Waals surface area contributed by atoms with E-state index in [1.807, 2.05) is 37.3 Å². The first-order chi connectivity index (χ1) is 16.0. The summed E-state index contributed by atoms with van der Waals surface area (Å²) >= 11 is 0. The molecule has 1 aliphatic heterocycles. The van der Waals surface area contributed by atoms with Gasteiger partial charge < -0.3 is 20.9 Å². The summed E-state index contributed by atoms with van der Waals surface area (Å²) in [7, 11) is 0. The highest BCUT2D eigenvalue weighted by Crippen LogP contribution is 2.22. The van der Waals surface area contributed by atoms with Crippen LogP contribution in [-0.2, 0) is 0 Å². The van der Waals surface area contributed by atoms with Crippen LogP contribution in [0.1, 0.15) is 5.69 Å². The minimum Gasteiger partial charge on any atom is -0.337 e. The number of amides is 4. The standard InChI is InChI=1S/C24H27FN6O2/c1-17-16-22(18-6-2-4-8-20(18)27-17)28-23(32)26-10-11-30-12-14-31(15-13-30)24(33)29-21-9-5-3-7-19(21)25/h2-9,16H,10-15H2,1H3,(H,29,33)(H2,26,27,28,32). The van der Waals surface area contributed by atoms with Gasteiger partial charge in [0.05, 0.1) is 16.9 Å². The lowest BCUT2D eigenvalue weighted by Crippen LogP contribution is -2.51. The lowest BCUT2D eigenvalue weighted by atomic mass is 10.1. The number of hydrogen-bond donors (Lipinski definition) is 3. The Kier molecular flexibility index (Phi) is 6.99. The maximum Gasteiger partial charge on any atom is 0.322 e. The van der Waals surface area contributed by atoms with Crippen molar-refractivity contribution in [3.05, 3.63) is 66.1 Å². The predicted molar refractivity (Wildman–Crippen MR) is 127 cm³/mol. The Morgan fingerprint density at radius 2 is 1.70 bits per heavy atom. The molecule has 3 aromatic rings. The number of urea groups is 2. The fourth-order valence-electron chi connectivity index (χ4n) is 3.84. The summed E-state index contributed by atoms with van der Waals surface area (Å²) in [6.45, 7) is 5.49. The Morgan fingerprint density at radius 1 is 0.970 bits per heavy atom. The zero-order chi connectivity index (χ0) is 23.2. The van der Waals surface area contributed by atoms with Gasteiger partial charge in [0.15, 0.2) is 0 Å². The van der Waals surface area contributed by atoms with Crippen LogP contribution in [0.25, 0.3) is 10.9 Å². The first-order valence-electron chi connectivity index (χ1n) is 10.9. The highest BCUT2D eigenvalue weighted by atomic mass is 19.1. The number of aryl methyl sites for hydroxylation is 1. The van der Waals surface area contributed by atoms with Crippen LogP contribution in [0.5, 0.6) is 0 Å². The van der Waals surface area contributed by atoms with Crippen molar-refractivity contribution in [1.82, 2.24) is 20.1 Å². The summed E-state index contributed by atoms with van der Waals surface area (Å²) < 4.78 is 13.7. The number of nitrogens with zero attached hydrogens (tertiary/aromatic N) is 3. The van der Waals surface area contributed by atoms with E-state index in [0.717, 1.165) is 22.3 Å². The van der Waals surface area contributed by atoms with Gasteiger partial charge in [-0.2, -0.15) is 0 Å². The molecule has 3 N–H and O–H groups in total. The molecule has 0 aliphatic carbocycles. The third-order valence-corrected chi connectivity index (χ3v) is 5.58. The highest BCUT2D eigenvalue weighted by Gasteiger charge is 2.21. The minimum atomic E-state index is -0.455. The number of halogens is 1. The van der Waals surface area contributed by atoms with Gasteiger partial charge in [-0.15, -0.1) is 0 Å². The van der Waals surface area contributed by atoms with Gasteiger partial charge in [0.1, 0.15) is 5.82 Å². The number of benzene rings is 2. The fourth-order valence-corrected chi connectivity index (χ4v) is 3.84. The monoisotopic (exact) mass is 450 g/mol. The molecule has 33 heavy (non-hydrogen) atoms. The second kappa shape index (κ2) is 10.3. The Morgan fingerprint density at radius 3 is 2.48 bits per heavy atom. The Hall–Kier alpha value is -3.72. The van der Waals surface area contributed by atoms with Gasteiger partial charge in [0.2, 0.25) is 0 Å². The minimum absolute atomic E-state index is 0.178. The molecule has 172 valence electrons. The summed E-state index contributed by atoms with van der Waals surface area (Å²) in [5.74, 6) is -0.455. The molecule has 4 rings (SSSR count). The van der Waals surface area contributed by atoms with E-state index in [-0.39, 0.29) is 17.7 Å². The van der Waals surface area contributed by atoms with Gasteiger partial charge in [0.25, 0.3) is 0 Å². The average Bonchev–Trinajstić information content (AvgIpc) is 2.81. The van der Waals surface area contributed by atoms with Crippen molar-refractivity contribution in [2.75, 3.05) is 49.9 Å². The van der Waals surface area contributed by atoms with Gasteiger partial charge >= 0.3 is 12.1 Å². The number of rotatable bonds is 5. The molecule has 1 aliphatic rings. The van der Waals surface area contributed by atoms with Crippen molar-refractivity contribution >= 4 is 34.3 Å². The van der Waals surface area contributed by atoms with Gasteiger partial charge in [-0.3, -0.25) is 9.88 Å². The van der Waals surface area contributed by atoms with Crippen LogP contribution in [0.4, 0.5) is 25.4 Å². The second-order valence-electron chi connectivity index (χ2n) is 7.95. The second-order valence-corrected chi connectivity index (χ2v) is 7.95. The molecule has 0 spiro atoms. The number of anilines is 2. The van der Waals surface area contributed by atoms with Gasteiger partial charge in [0, 0.05) is 50.3 Å². The molecule has 4 amide bonds. The van der Waals surface area contributed by atoms with E-state index >= 15 is 0 Å². The number of carbonyl (C=O) groups is 2. The third-order valence-electron chi connectivity index (χ3n) is 5.58. The highest BCUT2D eigenvalue weighted by molar-refractivity contribution is 6.00. The largest absolute Gasteiger partial charge is 0.337 e. The Bertz CT molecular complexity index is 1150. The van der Waals surface area contributed by atoms with Crippen LogP contribution in [0, 0.1) is 12.7 Å². The van der Waals surface area contributed by atoms with Gasteiger partial charge in [-0.25, -0.2) is 14.0 Å². The van der Waals surface area contributed by atoms with E-state index < -0.39 is 5.82 Å². The Labute approximate surface area is 191 Å². The predicted octanol–water partition coefficient (Wildman–Crippen LogP) is 3.65. The maximum atomic E-state index is 13.7. The molecule has 8 nitrogen and oxygen atoms in total. The summed E-state index contributed by atoms with van der Waals surface area (Å²) in [6.07, 6.45) is 0. The fraction of sp³-hybridized carbons (Fsp3) is 0.292. The zero-order valence-electron chi connectivity index (χ0n) is 18.5. The number of piperazine rings is 1. The van der Waals surface area contributed by atoms with Crippen molar-refractivity contribution < 1.29 is 14.0 Å². The molecule has 1 fully saturated rings. The molecule has 1 saturated heterocycles. The summed E-state index contributed by atoms with van der Waals surface area (Å²) in [5.41, 5.74) is 2.58. The molecule has 9 heteroatoms. The van der Waals surface area contributed by atoms with E-state index in [4.69, 9.17) is 0 Å². The number of hydrogen-bond acceptors (Lipinski definition) is 4. The van der Waals surface area contributed by atoms with Crippen molar-refractivity contribution in [2.24, 2.45) is 0 Å². The first-order valence-corrected chi connectivity index (χ1v) is 10.9. The molecule has 1 aromatic heterocycles. The third kappa shape index (κ3) is 5.75. The molecular weight excluding hydrogens is 423 g/mol. The number of nitrogens with one attached hydrogen (secondary N) is 3. The van der Waals surface area contributed by atoms with Crippen LogP contribution in [-0.4, -0.2) is 66.1 Å². The summed E-state index contributed by atoms with van der Waals surface area (Å²) in [4.78, 5) is 33.1. The number of aromatic nitrogens is 1. The lowest BCUT2D eigenvalue weighted by Gasteiger charge is -2.34. The summed E-state index contributed by atoms with van der Waals surface area (Å²) in [6, 6.07) is 15.1. The van der Waals surface area contributed by atoms with E-state index in [9.17, 15) is 14.0 Å². The van der Waals surface area contributed by atoms with Crippen LogP contribution >= 0.6 is 0 Å². The SMILES string of the molecule is Cc1cc(NC(=O)NCCN2CCN(C(=O)Nc3ccccc3F)CC2)c2ccccc2n1. The van der Waals surface area contributed by atoms with Crippen molar-refractivity contribution in [2.45, 2.75) is 6.92 Å². The maximum absolute atomic E-state index is 13.7. The van der Waals surface area contributed by atoms with Crippen molar-refractivity contribution in [3.63, 3.8) is 0 Å². The lowest BCUT2D eigenvalue weighted by molar-refractivity contribution is 0.148. The molecule has 0 saturated carbocycles. The quantitative estimate of drug-likeness (QED) is 0.554. The Balaban J connectivity index is 1.20. The molecule has 0 atom stereocenters. The molecule has 2 aromatic carbocycles. The zero-order valence-corrected chi connectivity index (χ0v) is 18.5.